The molecule has 15 heteroatoms. The zero-order valence-electron chi connectivity index (χ0n) is 38.0. The van der Waals surface area contributed by atoms with Crippen molar-refractivity contribution in [2.75, 3.05) is 26.4 Å². The highest BCUT2D eigenvalue weighted by atomic mass is 16.7. The van der Waals surface area contributed by atoms with Crippen molar-refractivity contribution in [1.82, 2.24) is 0 Å². The number of unbranched alkanes of at least 4 members (excludes halogenated alkanes) is 5. The van der Waals surface area contributed by atoms with Crippen LogP contribution >= 0.6 is 0 Å². The van der Waals surface area contributed by atoms with E-state index in [0.717, 1.165) is 70.6 Å². The first-order valence-corrected chi connectivity index (χ1v) is 23.2. The minimum absolute atomic E-state index is 0.0350. The molecule has 0 aromatic heterocycles. The second kappa shape index (κ2) is 35.9. The van der Waals surface area contributed by atoms with Gasteiger partial charge in [-0.15, -0.1) is 0 Å². The van der Waals surface area contributed by atoms with E-state index in [1.54, 1.807) is 0 Å². The van der Waals surface area contributed by atoms with Crippen molar-refractivity contribution < 1.29 is 73.8 Å². The summed E-state index contributed by atoms with van der Waals surface area (Å²) in [6.45, 7) is 2.22. The lowest BCUT2D eigenvalue weighted by Crippen LogP contribution is -2.61. The number of carbonyl (C=O) groups is 2. The van der Waals surface area contributed by atoms with Gasteiger partial charge in [0, 0.05) is 12.8 Å². The Morgan fingerprint density at radius 1 is 0.500 bits per heavy atom. The highest BCUT2D eigenvalue weighted by molar-refractivity contribution is 5.70. The Hall–Kier alpha value is -3.32. The quantitative estimate of drug-likeness (QED) is 0.0253. The first-order chi connectivity index (χ1) is 31.0. The van der Waals surface area contributed by atoms with Gasteiger partial charge in [0.25, 0.3) is 0 Å². The second-order valence-corrected chi connectivity index (χ2v) is 15.8. The van der Waals surface area contributed by atoms with Crippen molar-refractivity contribution in [3.8, 4) is 0 Å². The Labute approximate surface area is 380 Å². The SMILES string of the molecule is CC/C=C\C/C=C\C/C=C\C/C=C\CCC(=O)OC(COC(=O)CCCCCCC/C=C\C/C=C\C/C=C\CC)COC1OC(COC2OC(CO)C(O)C(O)C2O)C(O)C(O)C1O. The molecule has 2 rings (SSSR count). The Bertz CT molecular complexity index is 1440. The van der Waals surface area contributed by atoms with E-state index in [2.05, 4.69) is 80.7 Å². The fourth-order valence-corrected chi connectivity index (χ4v) is 6.60. The second-order valence-electron chi connectivity index (χ2n) is 15.8. The molecule has 0 aliphatic carbocycles. The number of carbonyl (C=O) groups excluding carboxylic acids is 2. The van der Waals surface area contributed by atoms with Crippen LogP contribution in [0.4, 0.5) is 0 Å². The van der Waals surface area contributed by atoms with Gasteiger partial charge < -0.3 is 64.2 Å². The first-order valence-electron chi connectivity index (χ1n) is 23.2. The third-order valence-electron chi connectivity index (χ3n) is 10.4. The molecule has 2 aliphatic rings. The van der Waals surface area contributed by atoms with E-state index in [4.69, 9.17) is 28.4 Å². The summed E-state index contributed by atoms with van der Waals surface area (Å²) < 4.78 is 33.3. The summed E-state index contributed by atoms with van der Waals surface area (Å²) in [5, 5.41) is 71.9. The molecule has 11 atom stereocenters. The van der Waals surface area contributed by atoms with Gasteiger partial charge in [0.05, 0.1) is 19.8 Å². The standard InChI is InChI=1S/C49H78O15/c1-3-5-7-9-11-13-15-17-18-20-21-23-25-27-29-31-40(51)59-34-37(62-41(52)32-30-28-26-24-22-19-16-14-12-10-8-6-4-2)35-60-48-47(58)45(56)43(54)39(64-48)36-61-49-46(57)44(55)42(53)38(33-50)63-49/h5-8,11-14,17-19,22,26,28,37-39,42-50,53-58H,3-4,9-10,15-16,20-21,23-25,27,29-36H2,1-2H3/b7-5-,8-6-,13-11-,14-12-,18-17-,22-19-,28-26-. The Balaban J connectivity index is 1.89. The van der Waals surface area contributed by atoms with Crippen LogP contribution in [0.5, 0.6) is 0 Å². The number of esters is 2. The topological polar surface area (TPSA) is 231 Å². The van der Waals surface area contributed by atoms with Gasteiger partial charge in [0.1, 0.15) is 55.4 Å². The molecule has 0 saturated carbocycles. The molecule has 11 unspecified atom stereocenters. The number of rotatable bonds is 33. The minimum atomic E-state index is -1.78. The van der Waals surface area contributed by atoms with Crippen molar-refractivity contribution in [3.05, 3.63) is 85.1 Å². The summed E-state index contributed by atoms with van der Waals surface area (Å²) in [6.07, 6.45) is 25.0. The Morgan fingerprint density at radius 3 is 1.53 bits per heavy atom. The van der Waals surface area contributed by atoms with Crippen LogP contribution in [0.25, 0.3) is 0 Å². The van der Waals surface area contributed by atoms with Crippen molar-refractivity contribution in [1.29, 1.82) is 0 Å². The fourth-order valence-electron chi connectivity index (χ4n) is 6.60. The van der Waals surface area contributed by atoms with Gasteiger partial charge in [0.2, 0.25) is 0 Å². The molecule has 64 heavy (non-hydrogen) atoms. The van der Waals surface area contributed by atoms with Crippen LogP contribution in [0.3, 0.4) is 0 Å². The number of hydrogen-bond acceptors (Lipinski definition) is 15. The van der Waals surface area contributed by atoms with E-state index in [1.165, 1.54) is 0 Å². The molecule has 2 aliphatic heterocycles. The van der Waals surface area contributed by atoms with Gasteiger partial charge in [-0.05, 0) is 70.6 Å². The van der Waals surface area contributed by atoms with E-state index in [-0.39, 0.29) is 19.4 Å². The predicted octanol–water partition coefficient (Wildman–Crippen LogP) is 5.26. The van der Waals surface area contributed by atoms with Gasteiger partial charge in [-0.2, -0.15) is 0 Å². The van der Waals surface area contributed by atoms with E-state index in [0.29, 0.717) is 19.3 Å². The molecular weight excluding hydrogens is 829 g/mol. The Kier molecular flexibility index (Phi) is 31.8. The lowest BCUT2D eigenvalue weighted by molar-refractivity contribution is -0.332. The highest BCUT2D eigenvalue weighted by Crippen LogP contribution is 2.26. The van der Waals surface area contributed by atoms with E-state index in [1.807, 2.05) is 18.2 Å². The summed E-state index contributed by atoms with van der Waals surface area (Å²) in [7, 11) is 0. The van der Waals surface area contributed by atoms with E-state index < -0.39 is 99.3 Å². The molecule has 2 saturated heterocycles. The maximum Gasteiger partial charge on any atom is 0.306 e. The zero-order valence-corrected chi connectivity index (χ0v) is 38.0. The third kappa shape index (κ3) is 24.3. The maximum absolute atomic E-state index is 12.9. The lowest BCUT2D eigenvalue weighted by atomic mass is 9.98. The molecule has 0 bridgehead atoms. The van der Waals surface area contributed by atoms with Gasteiger partial charge >= 0.3 is 11.9 Å². The average Bonchev–Trinajstić information content (AvgIpc) is 3.29. The van der Waals surface area contributed by atoms with Crippen LogP contribution in [0.15, 0.2) is 85.1 Å². The molecule has 0 aromatic rings. The number of aliphatic hydroxyl groups excluding tert-OH is 7. The van der Waals surface area contributed by atoms with Crippen LogP contribution < -0.4 is 0 Å². The fraction of sp³-hybridized carbons (Fsp3) is 0.673. The molecule has 2 fully saturated rings. The van der Waals surface area contributed by atoms with Crippen LogP contribution in [-0.4, -0.2) is 142 Å². The summed E-state index contributed by atoms with van der Waals surface area (Å²) in [5.41, 5.74) is 0. The first kappa shape index (κ1) is 56.8. The molecule has 0 amide bonds. The van der Waals surface area contributed by atoms with Crippen molar-refractivity contribution in [2.45, 2.75) is 184 Å². The van der Waals surface area contributed by atoms with Gasteiger partial charge in [-0.3, -0.25) is 9.59 Å². The largest absolute Gasteiger partial charge is 0.462 e. The average molecular weight is 907 g/mol. The maximum atomic E-state index is 12.9. The lowest BCUT2D eigenvalue weighted by Gasteiger charge is -2.42. The molecule has 15 nitrogen and oxygen atoms in total. The molecule has 7 N–H and O–H groups in total. The smallest absolute Gasteiger partial charge is 0.306 e. The van der Waals surface area contributed by atoms with Crippen LogP contribution in [0, 0.1) is 0 Å². The molecular formula is C49H78O15. The number of hydrogen-bond donors (Lipinski definition) is 7. The summed E-state index contributed by atoms with van der Waals surface area (Å²) in [5.74, 6) is -1.05. The van der Waals surface area contributed by atoms with Crippen LogP contribution in [0.1, 0.15) is 117 Å². The molecule has 364 valence electrons. The minimum Gasteiger partial charge on any atom is -0.462 e. The number of aliphatic hydroxyl groups is 7. The number of ether oxygens (including phenoxy) is 6. The van der Waals surface area contributed by atoms with Crippen molar-refractivity contribution in [2.24, 2.45) is 0 Å². The highest BCUT2D eigenvalue weighted by Gasteiger charge is 2.47. The predicted molar refractivity (Wildman–Crippen MR) is 242 cm³/mol. The Morgan fingerprint density at radius 2 is 0.969 bits per heavy atom. The monoisotopic (exact) mass is 907 g/mol. The molecule has 0 aromatic carbocycles. The zero-order chi connectivity index (χ0) is 46.8. The number of allylic oxidation sites excluding steroid dienone is 14. The van der Waals surface area contributed by atoms with Gasteiger partial charge in [0.15, 0.2) is 18.7 Å². The molecule has 0 spiro atoms. The van der Waals surface area contributed by atoms with Crippen LogP contribution in [0.2, 0.25) is 0 Å². The summed E-state index contributed by atoms with van der Waals surface area (Å²) >= 11 is 0. The van der Waals surface area contributed by atoms with Gasteiger partial charge in [-0.25, -0.2) is 0 Å². The van der Waals surface area contributed by atoms with Gasteiger partial charge in [-0.1, -0.05) is 118 Å². The summed E-state index contributed by atoms with van der Waals surface area (Å²) in [6, 6.07) is 0. The van der Waals surface area contributed by atoms with Crippen molar-refractivity contribution in [3.63, 3.8) is 0 Å². The summed E-state index contributed by atoms with van der Waals surface area (Å²) in [4.78, 5) is 25.6. The third-order valence-corrected chi connectivity index (χ3v) is 10.4. The molecule has 2 heterocycles. The molecule has 0 radical (unpaired) electrons. The normalized spacial score (nSPS) is 27.4. The van der Waals surface area contributed by atoms with Crippen molar-refractivity contribution >= 4 is 11.9 Å². The van der Waals surface area contributed by atoms with E-state index in [9.17, 15) is 45.3 Å². The van der Waals surface area contributed by atoms with E-state index >= 15 is 0 Å². The van der Waals surface area contributed by atoms with Crippen LogP contribution in [-0.2, 0) is 38.0 Å².